The van der Waals surface area contributed by atoms with Gasteiger partial charge in [0.25, 0.3) is 0 Å². The number of sulfonamides is 1. The minimum absolute atomic E-state index is 0.103. The summed E-state index contributed by atoms with van der Waals surface area (Å²) in [6, 6.07) is 3.46. The van der Waals surface area contributed by atoms with Crippen molar-refractivity contribution in [3.8, 4) is 12.3 Å². The predicted octanol–water partition coefficient (Wildman–Crippen LogP) is 2.23. The fourth-order valence-corrected chi connectivity index (χ4v) is 3.30. The minimum Gasteiger partial charge on any atom is -0.478 e. The van der Waals surface area contributed by atoms with Crippen molar-refractivity contribution in [3.05, 3.63) is 28.2 Å². The van der Waals surface area contributed by atoms with E-state index in [1.54, 1.807) is 0 Å². The molecule has 1 rings (SSSR count). The summed E-state index contributed by atoms with van der Waals surface area (Å²) in [5.74, 6) is 1.20. The molecule has 0 aliphatic heterocycles. The van der Waals surface area contributed by atoms with Crippen LogP contribution in [0, 0.1) is 12.3 Å². The maximum Gasteiger partial charge on any atom is 0.336 e. The molecule has 2 N–H and O–H groups in total. The van der Waals surface area contributed by atoms with E-state index >= 15 is 0 Å². The molecule has 1 unspecified atom stereocenters. The van der Waals surface area contributed by atoms with Gasteiger partial charge in [-0.05, 0) is 40.5 Å². The number of carboxylic acids is 1. The number of rotatable bonds is 6. The van der Waals surface area contributed by atoms with Crippen LogP contribution in [0.4, 0.5) is 0 Å². The standard InChI is InChI=1S/C13H14BrNO4S/c1-3-5-9(4-2)15-20(18,19)10-6-7-12(14)11(8-10)13(16)17/h1,6-9,15H,4-5H2,2H3,(H,16,17). The molecule has 1 aromatic rings. The van der Waals surface area contributed by atoms with Crippen molar-refractivity contribution in [1.82, 2.24) is 4.72 Å². The Labute approximate surface area is 126 Å². The molecule has 1 aromatic carbocycles. The van der Waals surface area contributed by atoms with Gasteiger partial charge in [-0.15, -0.1) is 12.3 Å². The monoisotopic (exact) mass is 359 g/mol. The zero-order chi connectivity index (χ0) is 15.3. The van der Waals surface area contributed by atoms with Gasteiger partial charge in [0.2, 0.25) is 10.0 Å². The number of aromatic carboxylic acids is 1. The van der Waals surface area contributed by atoms with Crippen LogP contribution in [-0.4, -0.2) is 25.5 Å². The number of hydrogen-bond donors (Lipinski definition) is 2. The molecular weight excluding hydrogens is 346 g/mol. The van der Waals surface area contributed by atoms with Crippen LogP contribution in [0.25, 0.3) is 0 Å². The molecule has 0 bridgehead atoms. The van der Waals surface area contributed by atoms with E-state index in [1.165, 1.54) is 12.1 Å². The Morgan fingerprint density at radius 1 is 1.55 bits per heavy atom. The average Bonchev–Trinajstić information content (AvgIpc) is 2.37. The van der Waals surface area contributed by atoms with Gasteiger partial charge >= 0.3 is 5.97 Å². The van der Waals surface area contributed by atoms with Gasteiger partial charge in [0.1, 0.15) is 0 Å². The number of terminal acetylenes is 1. The molecule has 0 aromatic heterocycles. The number of halogens is 1. The predicted molar refractivity (Wildman–Crippen MR) is 79.0 cm³/mol. The molecule has 0 fully saturated rings. The number of benzene rings is 1. The van der Waals surface area contributed by atoms with Gasteiger partial charge in [0.15, 0.2) is 0 Å². The Kier molecular flexibility index (Phi) is 5.74. The molecular formula is C13H14BrNO4S. The first-order valence-electron chi connectivity index (χ1n) is 5.80. The second-order valence-electron chi connectivity index (χ2n) is 4.08. The highest BCUT2D eigenvalue weighted by molar-refractivity contribution is 9.10. The number of hydrogen-bond acceptors (Lipinski definition) is 3. The summed E-state index contributed by atoms with van der Waals surface area (Å²) in [5.41, 5.74) is -0.113. The summed E-state index contributed by atoms with van der Waals surface area (Å²) >= 11 is 3.06. The lowest BCUT2D eigenvalue weighted by atomic mass is 10.2. The molecule has 0 saturated carbocycles. The molecule has 0 spiro atoms. The van der Waals surface area contributed by atoms with Crippen molar-refractivity contribution in [2.24, 2.45) is 0 Å². The van der Waals surface area contributed by atoms with Gasteiger partial charge in [0.05, 0.1) is 10.5 Å². The lowest BCUT2D eigenvalue weighted by Crippen LogP contribution is -2.34. The lowest BCUT2D eigenvalue weighted by molar-refractivity contribution is 0.0695. The van der Waals surface area contributed by atoms with Crippen LogP contribution < -0.4 is 4.72 Å². The normalized spacial score (nSPS) is 12.7. The van der Waals surface area contributed by atoms with E-state index in [0.717, 1.165) is 6.07 Å². The molecule has 0 aliphatic rings. The molecule has 20 heavy (non-hydrogen) atoms. The van der Waals surface area contributed by atoms with E-state index in [1.807, 2.05) is 6.92 Å². The fraction of sp³-hybridized carbons (Fsp3) is 0.308. The van der Waals surface area contributed by atoms with E-state index in [-0.39, 0.29) is 22.9 Å². The fourth-order valence-electron chi connectivity index (χ4n) is 1.53. The van der Waals surface area contributed by atoms with Crippen molar-refractivity contribution in [1.29, 1.82) is 0 Å². The first-order valence-corrected chi connectivity index (χ1v) is 8.08. The largest absolute Gasteiger partial charge is 0.478 e. The van der Waals surface area contributed by atoms with Crippen molar-refractivity contribution < 1.29 is 18.3 Å². The summed E-state index contributed by atoms with van der Waals surface area (Å²) < 4.78 is 27.1. The maximum atomic E-state index is 12.2. The van der Waals surface area contributed by atoms with Gasteiger partial charge in [-0.25, -0.2) is 17.9 Å². The van der Waals surface area contributed by atoms with Crippen LogP contribution in [0.1, 0.15) is 30.1 Å². The number of nitrogens with one attached hydrogen (secondary N) is 1. The van der Waals surface area contributed by atoms with Crippen LogP contribution in [0.5, 0.6) is 0 Å². The molecule has 0 radical (unpaired) electrons. The van der Waals surface area contributed by atoms with Crippen molar-refractivity contribution >= 4 is 31.9 Å². The van der Waals surface area contributed by atoms with Crippen molar-refractivity contribution in [2.75, 3.05) is 0 Å². The summed E-state index contributed by atoms with van der Waals surface area (Å²) in [5, 5.41) is 9.00. The number of carboxylic acid groups (broad SMARTS) is 1. The topological polar surface area (TPSA) is 83.5 Å². The zero-order valence-electron chi connectivity index (χ0n) is 10.8. The van der Waals surface area contributed by atoms with Crippen LogP contribution >= 0.6 is 15.9 Å². The van der Waals surface area contributed by atoms with E-state index in [9.17, 15) is 13.2 Å². The molecule has 108 valence electrons. The quantitative estimate of drug-likeness (QED) is 0.762. The van der Waals surface area contributed by atoms with Crippen LogP contribution in [0.2, 0.25) is 0 Å². The van der Waals surface area contributed by atoms with E-state index in [2.05, 4.69) is 26.6 Å². The number of carbonyl (C=O) groups is 1. The summed E-state index contributed by atoms with van der Waals surface area (Å²) in [6.07, 6.45) is 6.00. The Morgan fingerprint density at radius 3 is 2.70 bits per heavy atom. The van der Waals surface area contributed by atoms with Crippen LogP contribution in [0.3, 0.4) is 0 Å². The Balaban J connectivity index is 3.13. The lowest BCUT2D eigenvalue weighted by Gasteiger charge is -2.15. The Bertz CT molecular complexity index is 649. The van der Waals surface area contributed by atoms with E-state index < -0.39 is 16.0 Å². The van der Waals surface area contributed by atoms with Crippen molar-refractivity contribution in [2.45, 2.75) is 30.7 Å². The second-order valence-corrected chi connectivity index (χ2v) is 6.65. The Hall–Kier alpha value is -1.36. The van der Waals surface area contributed by atoms with E-state index in [4.69, 9.17) is 11.5 Å². The third-order valence-electron chi connectivity index (χ3n) is 2.66. The summed E-state index contributed by atoms with van der Waals surface area (Å²) in [4.78, 5) is 10.9. The van der Waals surface area contributed by atoms with Gasteiger partial charge in [-0.1, -0.05) is 6.92 Å². The van der Waals surface area contributed by atoms with Gasteiger partial charge in [-0.2, -0.15) is 0 Å². The molecule has 0 aliphatic carbocycles. The Morgan fingerprint density at radius 2 is 2.20 bits per heavy atom. The minimum atomic E-state index is -3.80. The first kappa shape index (κ1) is 16.7. The second kappa shape index (κ2) is 6.88. The molecule has 0 heterocycles. The third kappa shape index (κ3) is 4.07. The van der Waals surface area contributed by atoms with Gasteiger partial charge in [0, 0.05) is 16.9 Å². The van der Waals surface area contributed by atoms with Crippen LogP contribution in [-0.2, 0) is 10.0 Å². The molecule has 0 saturated heterocycles. The first-order chi connectivity index (χ1) is 9.31. The highest BCUT2D eigenvalue weighted by Crippen LogP contribution is 2.21. The summed E-state index contributed by atoms with van der Waals surface area (Å²) in [7, 11) is -3.80. The van der Waals surface area contributed by atoms with Gasteiger partial charge in [-0.3, -0.25) is 0 Å². The molecule has 7 heteroatoms. The highest BCUT2D eigenvalue weighted by Gasteiger charge is 2.21. The third-order valence-corrected chi connectivity index (χ3v) is 4.87. The molecule has 5 nitrogen and oxygen atoms in total. The van der Waals surface area contributed by atoms with E-state index in [0.29, 0.717) is 10.9 Å². The van der Waals surface area contributed by atoms with Gasteiger partial charge < -0.3 is 5.11 Å². The van der Waals surface area contributed by atoms with Crippen LogP contribution in [0.15, 0.2) is 27.6 Å². The smallest absolute Gasteiger partial charge is 0.336 e. The maximum absolute atomic E-state index is 12.2. The zero-order valence-corrected chi connectivity index (χ0v) is 13.2. The summed E-state index contributed by atoms with van der Waals surface area (Å²) in [6.45, 7) is 1.81. The average molecular weight is 360 g/mol. The SMILES string of the molecule is C#CCC(CC)NS(=O)(=O)c1ccc(Br)c(C(=O)O)c1. The molecule has 0 amide bonds. The van der Waals surface area contributed by atoms with Crippen molar-refractivity contribution in [3.63, 3.8) is 0 Å². The highest BCUT2D eigenvalue weighted by atomic mass is 79.9. The molecule has 1 atom stereocenters.